The van der Waals surface area contributed by atoms with Gasteiger partial charge in [-0.25, -0.2) is 0 Å². The maximum atomic E-state index is 13.0. The number of ether oxygens (including phenoxy) is 1. The Bertz CT molecular complexity index is 1140. The Kier molecular flexibility index (Phi) is 5.75. The Morgan fingerprint density at radius 1 is 1.28 bits per heavy atom. The lowest BCUT2D eigenvalue weighted by Gasteiger charge is -2.29. The zero-order valence-electron chi connectivity index (χ0n) is 17.3. The number of methoxy groups -OCH3 is 1. The first-order valence-electron chi connectivity index (χ1n) is 10.2. The molecule has 3 N–H and O–H groups in total. The monoisotopic (exact) mass is 442 g/mol. The lowest BCUT2D eigenvalue weighted by molar-refractivity contribution is -0.384. The van der Waals surface area contributed by atoms with E-state index in [1.165, 1.54) is 25.3 Å². The lowest BCUT2D eigenvalue weighted by atomic mass is 9.92. The zero-order valence-corrected chi connectivity index (χ0v) is 17.3. The molecule has 1 fully saturated rings. The van der Waals surface area contributed by atoms with E-state index in [0.29, 0.717) is 5.95 Å². The van der Waals surface area contributed by atoms with Gasteiger partial charge in [0.05, 0.1) is 35.3 Å². The third kappa shape index (κ3) is 4.11. The van der Waals surface area contributed by atoms with Gasteiger partial charge in [-0.3, -0.25) is 29.5 Å². The molecule has 168 valence electrons. The second-order valence-corrected chi connectivity index (χ2v) is 7.64. The van der Waals surface area contributed by atoms with Crippen molar-refractivity contribution in [2.75, 3.05) is 35.7 Å². The van der Waals surface area contributed by atoms with Crippen molar-refractivity contribution in [2.24, 2.45) is 0 Å². The fourth-order valence-electron chi connectivity index (χ4n) is 3.96. The summed E-state index contributed by atoms with van der Waals surface area (Å²) in [5.74, 6) is -1.61. The summed E-state index contributed by atoms with van der Waals surface area (Å²) in [5.41, 5.74) is -0.437. The molecule has 2 amide bonds. The second-order valence-electron chi connectivity index (χ2n) is 7.64. The Balaban J connectivity index is 1.64. The summed E-state index contributed by atoms with van der Waals surface area (Å²) in [6, 6.07) is 3.73. The molecule has 1 aromatic carbocycles. The highest BCUT2D eigenvalue weighted by Gasteiger charge is 2.35. The minimum Gasteiger partial charge on any atom is -0.494 e. The Morgan fingerprint density at radius 2 is 2.03 bits per heavy atom. The maximum absolute atomic E-state index is 13.0. The molecule has 12 heteroatoms. The summed E-state index contributed by atoms with van der Waals surface area (Å²) >= 11 is 0. The van der Waals surface area contributed by atoms with Crippen LogP contribution in [0.3, 0.4) is 0 Å². The number of hydrogen-bond acceptors (Lipinski definition) is 8. The van der Waals surface area contributed by atoms with Crippen molar-refractivity contribution in [3.63, 3.8) is 0 Å². The molecule has 2 aromatic rings. The number of rotatable bonds is 5. The number of fused-ring (bicyclic) bond motifs is 1. The van der Waals surface area contributed by atoms with Gasteiger partial charge >= 0.3 is 0 Å². The van der Waals surface area contributed by atoms with E-state index in [4.69, 9.17) is 4.74 Å². The van der Waals surface area contributed by atoms with Crippen LogP contribution in [0.4, 0.5) is 23.1 Å². The maximum Gasteiger partial charge on any atom is 0.273 e. The number of aromatic amines is 1. The van der Waals surface area contributed by atoms with Crippen LogP contribution in [-0.4, -0.2) is 46.9 Å². The largest absolute Gasteiger partial charge is 0.494 e. The molecule has 1 unspecified atom stereocenters. The van der Waals surface area contributed by atoms with Crippen molar-refractivity contribution in [2.45, 2.75) is 31.6 Å². The summed E-state index contributed by atoms with van der Waals surface area (Å²) in [7, 11) is 1.31. The van der Waals surface area contributed by atoms with Crippen LogP contribution in [0.1, 0.15) is 37.2 Å². The number of benzene rings is 1. The molecule has 1 atom stereocenters. The van der Waals surface area contributed by atoms with E-state index in [0.717, 1.165) is 32.4 Å². The highest BCUT2D eigenvalue weighted by molar-refractivity contribution is 6.05. The van der Waals surface area contributed by atoms with Gasteiger partial charge in [0.1, 0.15) is 11.6 Å². The SMILES string of the molecule is COc1cc([N+](=O)[O-])ccc1NC(=O)C1CC(=O)Nc2nc(N3CCCCC3)[nH]c(=O)c21. The summed E-state index contributed by atoms with van der Waals surface area (Å²) in [6.45, 7) is 1.50. The molecule has 3 heterocycles. The third-order valence-corrected chi connectivity index (χ3v) is 5.56. The fourth-order valence-corrected chi connectivity index (χ4v) is 3.96. The van der Waals surface area contributed by atoms with Gasteiger partial charge in [-0.1, -0.05) is 0 Å². The molecule has 4 rings (SSSR count). The van der Waals surface area contributed by atoms with Crippen molar-refractivity contribution in [1.29, 1.82) is 0 Å². The van der Waals surface area contributed by atoms with E-state index < -0.39 is 28.2 Å². The van der Waals surface area contributed by atoms with Crippen LogP contribution >= 0.6 is 0 Å². The first-order valence-corrected chi connectivity index (χ1v) is 10.2. The molecule has 2 aliphatic rings. The number of carbonyl (C=O) groups excluding carboxylic acids is 2. The molecule has 0 bridgehead atoms. The highest BCUT2D eigenvalue weighted by atomic mass is 16.6. The molecule has 0 saturated carbocycles. The normalized spacial score (nSPS) is 17.8. The summed E-state index contributed by atoms with van der Waals surface area (Å²) in [4.78, 5) is 57.7. The number of nitrogens with zero attached hydrogens (tertiary/aromatic N) is 3. The topological polar surface area (TPSA) is 160 Å². The molecule has 12 nitrogen and oxygen atoms in total. The molecular weight excluding hydrogens is 420 g/mol. The molecule has 2 aliphatic heterocycles. The number of hydrogen-bond donors (Lipinski definition) is 3. The molecular formula is C20H22N6O6. The van der Waals surface area contributed by atoms with E-state index in [9.17, 15) is 24.5 Å². The first-order chi connectivity index (χ1) is 15.4. The van der Waals surface area contributed by atoms with E-state index in [1.807, 2.05) is 4.90 Å². The van der Waals surface area contributed by atoms with E-state index >= 15 is 0 Å². The number of nitro benzene ring substituents is 1. The Labute approximate surface area is 182 Å². The number of amides is 2. The Hall–Kier alpha value is -3.96. The van der Waals surface area contributed by atoms with Gasteiger partial charge < -0.3 is 20.3 Å². The van der Waals surface area contributed by atoms with Crippen LogP contribution in [0.2, 0.25) is 0 Å². The van der Waals surface area contributed by atoms with E-state index in [2.05, 4.69) is 20.6 Å². The first kappa shape index (κ1) is 21.3. The predicted octanol–water partition coefficient (Wildman–Crippen LogP) is 1.74. The average molecular weight is 442 g/mol. The third-order valence-electron chi connectivity index (χ3n) is 5.56. The van der Waals surface area contributed by atoms with Crippen LogP contribution in [0, 0.1) is 10.1 Å². The minimum absolute atomic E-state index is 0.0707. The van der Waals surface area contributed by atoms with Gasteiger partial charge in [0.25, 0.3) is 11.2 Å². The number of non-ortho nitro benzene ring substituents is 1. The van der Waals surface area contributed by atoms with Gasteiger partial charge in [0.2, 0.25) is 17.8 Å². The van der Waals surface area contributed by atoms with Gasteiger partial charge in [-0.05, 0) is 25.3 Å². The highest BCUT2D eigenvalue weighted by Crippen LogP contribution is 2.33. The van der Waals surface area contributed by atoms with Crippen molar-refractivity contribution in [1.82, 2.24) is 9.97 Å². The summed E-state index contributed by atoms with van der Waals surface area (Å²) < 4.78 is 5.14. The van der Waals surface area contributed by atoms with Crippen molar-refractivity contribution >= 4 is 35.0 Å². The number of piperidine rings is 1. The average Bonchev–Trinajstić information content (AvgIpc) is 2.78. The number of nitrogens with one attached hydrogen (secondary N) is 3. The summed E-state index contributed by atoms with van der Waals surface area (Å²) in [5, 5.41) is 16.2. The Morgan fingerprint density at radius 3 is 2.72 bits per heavy atom. The van der Waals surface area contributed by atoms with Gasteiger partial charge in [-0.15, -0.1) is 0 Å². The molecule has 32 heavy (non-hydrogen) atoms. The van der Waals surface area contributed by atoms with Gasteiger partial charge in [-0.2, -0.15) is 4.98 Å². The number of H-pyrrole nitrogens is 1. The van der Waals surface area contributed by atoms with Crippen LogP contribution in [0.5, 0.6) is 5.75 Å². The number of nitro groups is 1. The van der Waals surface area contributed by atoms with Crippen LogP contribution in [0.15, 0.2) is 23.0 Å². The van der Waals surface area contributed by atoms with Crippen LogP contribution in [-0.2, 0) is 9.59 Å². The second kappa shape index (κ2) is 8.65. The standard InChI is InChI=1S/C20H22N6O6/c1-32-14-9-11(26(30)31)5-6-13(14)21-18(28)12-10-15(27)22-17-16(12)19(29)24-20(23-17)25-7-3-2-4-8-25/h5-6,9,12H,2-4,7-8,10H2,1H3,(H,21,28)(H2,22,23,24,27,29). The predicted molar refractivity (Wildman–Crippen MR) is 115 cm³/mol. The number of anilines is 3. The van der Waals surface area contributed by atoms with E-state index in [-0.39, 0.29) is 34.9 Å². The number of carbonyl (C=O) groups is 2. The van der Waals surface area contributed by atoms with Crippen LogP contribution in [0.25, 0.3) is 0 Å². The molecule has 1 saturated heterocycles. The number of aromatic nitrogens is 2. The molecule has 0 aliphatic carbocycles. The molecule has 0 spiro atoms. The molecule has 1 aromatic heterocycles. The van der Waals surface area contributed by atoms with Crippen LogP contribution < -0.4 is 25.8 Å². The summed E-state index contributed by atoms with van der Waals surface area (Å²) in [6.07, 6.45) is 2.84. The van der Waals surface area contributed by atoms with Gasteiger partial charge in [0, 0.05) is 25.6 Å². The molecule has 0 radical (unpaired) electrons. The van der Waals surface area contributed by atoms with Gasteiger partial charge in [0.15, 0.2) is 0 Å². The van der Waals surface area contributed by atoms with Crippen molar-refractivity contribution in [3.05, 3.63) is 44.2 Å². The van der Waals surface area contributed by atoms with Crippen molar-refractivity contribution in [3.8, 4) is 5.75 Å². The zero-order chi connectivity index (χ0) is 22.8. The van der Waals surface area contributed by atoms with E-state index in [1.54, 1.807) is 0 Å². The lowest BCUT2D eigenvalue weighted by Crippen LogP contribution is -2.38. The smallest absolute Gasteiger partial charge is 0.273 e. The van der Waals surface area contributed by atoms with Crippen molar-refractivity contribution < 1.29 is 19.2 Å². The minimum atomic E-state index is -1.08. The fraction of sp³-hybridized carbons (Fsp3) is 0.400. The quantitative estimate of drug-likeness (QED) is 0.466.